The predicted molar refractivity (Wildman–Crippen MR) is 123 cm³/mol. The van der Waals surface area contributed by atoms with Crippen LogP contribution in [0.4, 0.5) is 8.78 Å². The van der Waals surface area contributed by atoms with Crippen LogP contribution in [0.25, 0.3) is 38.8 Å². The van der Waals surface area contributed by atoms with E-state index < -0.39 is 18.6 Å². The van der Waals surface area contributed by atoms with E-state index in [0.29, 0.717) is 22.5 Å². The first-order valence-electron chi connectivity index (χ1n) is 10.4. The second kappa shape index (κ2) is 8.54. The molecule has 0 amide bonds. The van der Waals surface area contributed by atoms with Crippen molar-refractivity contribution in [2.45, 2.75) is 6.43 Å². The number of hydrogen-bond donors (Lipinski definition) is 0. The smallest absolute Gasteiger partial charge is 0.281 e. The number of alkyl halides is 2. The molecular formula is C24H19F2N5O3. The molecule has 5 rings (SSSR count). The third kappa shape index (κ3) is 3.94. The molecule has 0 spiro atoms. The lowest BCUT2D eigenvalue weighted by Crippen LogP contribution is -2.23. The van der Waals surface area contributed by atoms with Gasteiger partial charge in [-0.25, -0.2) is 13.8 Å². The summed E-state index contributed by atoms with van der Waals surface area (Å²) in [6.07, 6.45) is -0.796. The van der Waals surface area contributed by atoms with Gasteiger partial charge in [0.15, 0.2) is 6.61 Å². The first-order valence-corrected chi connectivity index (χ1v) is 10.4. The van der Waals surface area contributed by atoms with Crippen molar-refractivity contribution in [3.05, 3.63) is 71.1 Å². The van der Waals surface area contributed by atoms with Gasteiger partial charge in [-0.3, -0.25) is 9.48 Å². The molecule has 3 aromatic heterocycles. The summed E-state index contributed by atoms with van der Waals surface area (Å²) in [5, 5.41) is 9.72. The van der Waals surface area contributed by atoms with Gasteiger partial charge in [-0.15, -0.1) is 0 Å². The zero-order chi connectivity index (χ0) is 23.8. The van der Waals surface area contributed by atoms with Crippen LogP contribution in [0.2, 0.25) is 0 Å². The van der Waals surface area contributed by atoms with E-state index in [-0.39, 0.29) is 17.0 Å². The van der Waals surface area contributed by atoms with Crippen LogP contribution >= 0.6 is 0 Å². The van der Waals surface area contributed by atoms with Gasteiger partial charge in [-0.2, -0.15) is 14.9 Å². The molecule has 8 nitrogen and oxygen atoms in total. The van der Waals surface area contributed by atoms with Crippen molar-refractivity contribution in [1.82, 2.24) is 24.5 Å². The van der Waals surface area contributed by atoms with Crippen LogP contribution in [0.5, 0.6) is 11.6 Å². The van der Waals surface area contributed by atoms with E-state index in [1.54, 1.807) is 48.2 Å². The maximum absolute atomic E-state index is 13.7. The summed E-state index contributed by atoms with van der Waals surface area (Å²) in [4.78, 5) is 18.0. The molecule has 0 N–H and O–H groups in total. The van der Waals surface area contributed by atoms with Crippen molar-refractivity contribution < 1.29 is 18.3 Å². The van der Waals surface area contributed by atoms with Crippen molar-refractivity contribution in [1.29, 1.82) is 0 Å². The standard InChI is InChI=1S/C24H19F2N5O3/c1-30-12-15-11-16(5-8-18(15)28-30)31-24(32)22(14-3-6-17(33-2)7-4-14)23-19(29-31)9-10-21(27-23)34-13-20(25)26/h3-12,20H,13H2,1-2H3. The summed E-state index contributed by atoms with van der Waals surface area (Å²) in [6, 6.07) is 15.4. The van der Waals surface area contributed by atoms with Gasteiger partial charge in [0.2, 0.25) is 5.88 Å². The molecule has 0 radical (unpaired) electrons. The zero-order valence-corrected chi connectivity index (χ0v) is 18.3. The first-order chi connectivity index (χ1) is 16.4. The van der Waals surface area contributed by atoms with Crippen LogP contribution in [0.3, 0.4) is 0 Å². The van der Waals surface area contributed by atoms with Crippen molar-refractivity contribution in [2.24, 2.45) is 7.05 Å². The number of benzene rings is 2. The lowest BCUT2D eigenvalue weighted by molar-refractivity contribution is 0.0798. The van der Waals surface area contributed by atoms with E-state index in [1.807, 2.05) is 25.4 Å². The fourth-order valence-electron chi connectivity index (χ4n) is 3.75. The number of pyridine rings is 1. The van der Waals surface area contributed by atoms with Gasteiger partial charge in [-0.05, 0) is 42.0 Å². The second-order valence-electron chi connectivity index (χ2n) is 7.59. The Kier molecular flexibility index (Phi) is 5.40. The van der Waals surface area contributed by atoms with E-state index in [2.05, 4.69) is 15.2 Å². The number of hydrogen-bond acceptors (Lipinski definition) is 6. The summed E-state index contributed by atoms with van der Waals surface area (Å²) >= 11 is 0. The quantitative estimate of drug-likeness (QED) is 0.379. The molecule has 2 aromatic carbocycles. The van der Waals surface area contributed by atoms with Crippen LogP contribution in [0, 0.1) is 0 Å². The Morgan fingerprint density at radius 3 is 2.50 bits per heavy atom. The molecule has 0 bridgehead atoms. The molecular weight excluding hydrogens is 444 g/mol. The van der Waals surface area contributed by atoms with Gasteiger partial charge in [-0.1, -0.05) is 12.1 Å². The Hall–Kier alpha value is -4.34. The summed E-state index contributed by atoms with van der Waals surface area (Å²) in [6.45, 7) is -0.800. The molecule has 5 aromatic rings. The van der Waals surface area contributed by atoms with Crippen molar-refractivity contribution >= 4 is 21.9 Å². The summed E-state index contributed by atoms with van der Waals surface area (Å²) < 4.78 is 38.6. The second-order valence-corrected chi connectivity index (χ2v) is 7.59. The number of nitrogens with zero attached hydrogens (tertiary/aromatic N) is 5. The van der Waals surface area contributed by atoms with Crippen molar-refractivity contribution in [2.75, 3.05) is 13.7 Å². The van der Waals surface area contributed by atoms with Crippen LogP contribution in [0.15, 0.2) is 65.6 Å². The minimum atomic E-state index is -2.65. The number of aromatic nitrogens is 5. The zero-order valence-electron chi connectivity index (χ0n) is 18.3. The highest BCUT2D eigenvalue weighted by molar-refractivity contribution is 5.91. The molecule has 0 fully saturated rings. The molecule has 0 aliphatic heterocycles. The molecule has 0 saturated carbocycles. The van der Waals surface area contributed by atoms with Crippen LogP contribution in [0.1, 0.15) is 0 Å². The fourth-order valence-corrected chi connectivity index (χ4v) is 3.75. The van der Waals surface area contributed by atoms with E-state index in [1.165, 1.54) is 10.7 Å². The Bertz CT molecular complexity index is 1560. The Labute approximate surface area is 192 Å². The number of aryl methyl sites for hydroxylation is 1. The monoisotopic (exact) mass is 463 g/mol. The highest BCUT2D eigenvalue weighted by Gasteiger charge is 2.18. The molecule has 0 aliphatic rings. The predicted octanol–water partition coefficient (Wildman–Crippen LogP) is 3.99. The van der Waals surface area contributed by atoms with E-state index in [9.17, 15) is 13.6 Å². The summed E-state index contributed by atoms with van der Waals surface area (Å²) in [5.41, 5.74) is 2.42. The highest BCUT2D eigenvalue weighted by atomic mass is 19.3. The van der Waals surface area contributed by atoms with Gasteiger partial charge >= 0.3 is 0 Å². The maximum Gasteiger partial charge on any atom is 0.281 e. The molecule has 172 valence electrons. The number of halogens is 2. The average Bonchev–Trinajstić information content (AvgIpc) is 3.21. The summed E-state index contributed by atoms with van der Waals surface area (Å²) in [5.74, 6) is 0.608. The largest absolute Gasteiger partial charge is 0.497 e. The van der Waals surface area contributed by atoms with Crippen molar-refractivity contribution in [3.63, 3.8) is 0 Å². The van der Waals surface area contributed by atoms with Gasteiger partial charge in [0, 0.05) is 24.7 Å². The Morgan fingerprint density at radius 2 is 1.76 bits per heavy atom. The third-order valence-electron chi connectivity index (χ3n) is 5.28. The van der Waals surface area contributed by atoms with Crippen LogP contribution in [-0.2, 0) is 7.05 Å². The maximum atomic E-state index is 13.7. The number of rotatable bonds is 6. The van der Waals surface area contributed by atoms with E-state index in [4.69, 9.17) is 9.47 Å². The van der Waals surface area contributed by atoms with Crippen LogP contribution < -0.4 is 15.0 Å². The highest BCUT2D eigenvalue weighted by Crippen LogP contribution is 2.27. The number of ether oxygens (including phenoxy) is 2. The SMILES string of the molecule is COc1ccc(-c2c(=O)n(-c3ccc4nn(C)cc4c3)nc3ccc(OCC(F)F)nc23)cc1. The van der Waals surface area contributed by atoms with Gasteiger partial charge < -0.3 is 9.47 Å². The topological polar surface area (TPSA) is 84.1 Å². The minimum Gasteiger partial charge on any atom is -0.497 e. The molecule has 34 heavy (non-hydrogen) atoms. The van der Waals surface area contributed by atoms with Gasteiger partial charge in [0.25, 0.3) is 12.0 Å². The third-order valence-corrected chi connectivity index (χ3v) is 5.28. The van der Waals surface area contributed by atoms with Gasteiger partial charge in [0.05, 0.1) is 23.9 Å². The lowest BCUT2D eigenvalue weighted by atomic mass is 10.1. The molecule has 10 heteroatoms. The normalized spacial score (nSPS) is 11.4. The van der Waals surface area contributed by atoms with Gasteiger partial charge in [0.1, 0.15) is 16.8 Å². The molecule has 0 aliphatic carbocycles. The first kappa shape index (κ1) is 21.5. The summed E-state index contributed by atoms with van der Waals surface area (Å²) in [7, 11) is 3.37. The average molecular weight is 463 g/mol. The number of methoxy groups -OCH3 is 1. The Balaban J connectivity index is 1.74. The minimum absolute atomic E-state index is 0.0155. The van der Waals surface area contributed by atoms with E-state index >= 15 is 0 Å². The molecule has 0 saturated heterocycles. The molecule has 0 atom stereocenters. The number of fused-ring (bicyclic) bond motifs is 2. The lowest BCUT2D eigenvalue weighted by Gasteiger charge is -2.12. The Morgan fingerprint density at radius 1 is 1.00 bits per heavy atom. The van der Waals surface area contributed by atoms with E-state index in [0.717, 1.165) is 10.9 Å². The van der Waals surface area contributed by atoms with Crippen molar-refractivity contribution in [3.8, 4) is 28.4 Å². The fraction of sp³-hybridized carbons (Fsp3) is 0.167. The molecule has 0 unspecified atom stereocenters. The molecule has 3 heterocycles. The van der Waals surface area contributed by atoms with Crippen LogP contribution in [-0.4, -0.2) is 44.7 Å².